The van der Waals surface area contributed by atoms with Gasteiger partial charge in [-0.25, -0.2) is 4.98 Å². The Morgan fingerprint density at radius 2 is 1.95 bits per heavy atom. The Balaban J connectivity index is 2.06. The van der Waals surface area contributed by atoms with E-state index in [9.17, 15) is 4.79 Å². The minimum Gasteiger partial charge on any atom is -0.370 e. The zero-order valence-corrected chi connectivity index (χ0v) is 15.0. The highest BCUT2D eigenvalue weighted by molar-refractivity contribution is 9.10. The molecule has 5 heteroatoms. The van der Waals surface area contributed by atoms with Crippen molar-refractivity contribution in [3.63, 3.8) is 0 Å². The van der Waals surface area contributed by atoms with Gasteiger partial charge in [-0.3, -0.25) is 4.79 Å². The minimum absolute atomic E-state index is 0.0711. The maximum atomic E-state index is 12.4. The molecule has 1 aliphatic carbocycles. The first-order valence-corrected chi connectivity index (χ1v) is 8.18. The number of carbonyl (C=O) groups excluding carboxylic acids is 1. The van der Waals surface area contributed by atoms with Crippen LogP contribution in [0.1, 0.15) is 45.0 Å². The molecular formula is C16H24BrN3O. The number of carbonyl (C=O) groups is 1. The van der Waals surface area contributed by atoms with Gasteiger partial charge in [0.2, 0.25) is 0 Å². The molecule has 1 saturated carbocycles. The largest absolute Gasteiger partial charge is 0.370 e. The second-order valence-electron chi connectivity index (χ2n) is 6.79. The summed E-state index contributed by atoms with van der Waals surface area (Å²) >= 11 is 3.37. The number of hydrogen-bond acceptors (Lipinski definition) is 3. The van der Waals surface area contributed by atoms with Crippen LogP contribution in [-0.2, 0) is 0 Å². The fourth-order valence-electron chi connectivity index (χ4n) is 3.05. The minimum atomic E-state index is -0.0711. The zero-order valence-electron chi connectivity index (χ0n) is 13.4. The molecule has 1 aliphatic rings. The molecule has 0 atom stereocenters. The predicted molar refractivity (Wildman–Crippen MR) is 89.5 cm³/mol. The molecule has 1 aromatic rings. The maximum Gasteiger partial charge on any atom is 0.255 e. The van der Waals surface area contributed by atoms with Crippen molar-refractivity contribution in [2.24, 2.45) is 16.7 Å². The third-order valence-corrected chi connectivity index (χ3v) is 5.66. The van der Waals surface area contributed by atoms with E-state index in [1.807, 2.05) is 13.0 Å². The van der Waals surface area contributed by atoms with Crippen molar-refractivity contribution >= 4 is 27.7 Å². The van der Waals surface area contributed by atoms with Crippen molar-refractivity contribution in [3.8, 4) is 0 Å². The summed E-state index contributed by atoms with van der Waals surface area (Å²) in [6, 6.07) is 1.81. The lowest BCUT2D eigenvalue weighted by Crippen LogP contribution is -2.28. The van der Waals surface area contributed by atoms with E-state index in [1.54, 1.807) is 6.20 Å². The fraction of sp³-hybridized carbons (Fsp3) is 0.625. The van der Waals surface area contributed by atoms with Crippen LogP contribution in [0.4, 0.5) is 5.82 Å². The summed E-state index contributed by atoms with van der Waals surface area (Å²) in [5.41, 5.74) is 1.14. The van der Waals surface area contributed by atoms with Crippen LogP contribution in [0.3, 0.4) is 0 Å². The molecule has 2 rings (SSSR count). The van der Waals surface area contributed by atoms with Gasteiger partial charge in [0.15, 0.2) is 0 Å². The molecule has 0 spiro atoms. The molecule has 0 bridgehead atoms. The highest BCUT2D eigenvalue weighted by Gasteiger charge is 2.64. The second-order valence-corrected chi connectivity index (χ2v) is 7.70. The molecule has 0 radical (unpaired) electrons. The molecule has 21 heavy (non-hydrogen) atoms. The molecule has 2 N–H and O–H groups in total. The Kier molecular flexibility index (Phi) is 4.34. The number of nitrogens with one attached hydrogen (secondary N) is 2. The van der Waals surface area contributed by atoms with E-state index in [-0.39, 0.29) is 16.7 Å². The van der Waals surface area contributed by atoms with Crippen LogP contribution in [0.25, 0.3) is 0 Å². The molecule has 1 heterocycles. The van der Waals surface area contributed by atoms with Crippen molar-refractivity contribution in [1.29, 1.82) is 0 Å². The van der Waals surface area contributed by atoms with Crippen LogP contribution >= 0.6 is 15.9 Å². The third-order valence-electron chi connectivity index (χ3n) is 5.23. The zero-order chi connectivity index (χ0) is 15.8. The van der Waals surface area contributed by atoms with Crippen molar-refractivity contribution in [2.45, 2.75) is 34.6 Å². The van der Waals surface area contributed by atoms with Gasteiger partial charge in [0.05, 0.1) is 5.56 Å². The number of hydrogen-bond donors (Lipinski definition) is 2. The van der Waals surface area contributed by atoms with E-state index in [4.69, 9.17) is 0 Å². The normalized spacial score (nSPS) is 19.1. The van der Waals surface area contributed by atoms with Crippen molar-refractivity contribution in [3.05, 3.63) is 22.3 Å². The van der Waals surface area contributed by atoms with E-state index in [2.05, 4.69) is 59.2 Å². The summed E-state index contributed by atoms with van der Waals surface area (Å²) in [4.78, 5) is 16.7. The second kappa shape index (κ2) is 5.59. The summed E-state index contributed by atoms with van der Waals surface area (Å²) in [7, 11) is 0. The highest BCUT2D eigenvalue weighted by Crippen LogP contribution is 2.67. The van der Waals surface area contributed by atoms with Crippen LogP contribution in [-0.4, -0.2) is 24.0 Å². The van der Waals surface area contributed by atoms with E-state index in [1.165, 1.54) is 0 Å². The molecule has 0 aliphatic heterocycles. The number of amides is 1. The first-order valence-electron chi connectivity index (χ1n) is 7.39. The van der Waals surface area contributed by atoms with Gasteiger partial charge in [0.1, 0.15) is 5.82 Å². The van der Waals surface area contributed by atoms with Crippen molar-refractivity contribution < 1.29 is 4.79 Å². The average molecular weight is 354 g/mol. The fourth-order valence-corrected chi connectivity index (χ4v) is 3.39. The maximum absolute atomic E-state index is 12.4. The molecular weight excluding hydrogens is 330 g/mol. The molecule has 0 saturated heterocycles. The standard InChI is InChI=1S/C16H24BrN3O/c1-6-18-13-11(7-10(17)8-19-13)14(21)20-9-12-15(2,3)16(12,4)5/h7-8,12H,6,9H2,1-5H3,(H,18,19)(H,20,21). The van der Waals surface area contributed by atoms with Gasteiger partial charge in [-0.15, -0.1) is 0 Å². The van der Waals surface area contributed by atoms with Crippen LogP contribution in [0.15, 0.2) is 16.7 Å². The Morgan fingerprint density at radius 3 is 2.48 bits per heavy atom. The number of anilines is 1. The van der Waals surface area contributed by atoms with Gasteiger partial charge in [-0.2, -0.15) is 0 Å². The monoisotopic (exact) mass is 353 g/mol. The summed E-state index contributed by atoms with van der Waals surface area (Å²) in [6.07, 6.45) is 1.70. The van der Waals surface area contributed by atoms with Crippen LogP contribution < -0.4 is 10.6 Å². The van der Waals surface area contributed by atoms with Gasteiger partial charge < -0.3 is 10.6 Å². The molecule has 1 aromatic heterocycles. The Morgan fingerprint density at radius 1 is 1.33 bits per heavy atom. The predicted octanol–water partition coefficient (Wildman–Crippen LogP) is 3.69. The Labute approximate surface area is 135 Å². The van der Waals surface area contributed by atoms with Crippen LogP contribution in [0, 0.1) is 16.7 Å². The summed E-state index contributed by atoms with van der Waals surface area (Å²) < 4.78 is 0.807. The summed E-state index contributed by atoms with van der Waals surface area (Å²) in [6.45, 7) is 12.5. The van der Waals surface area contributed by atoms with Gasteiger partial charge in [0.25, 0.3) is 5.91 Å². The molecule has 1 amide bonds. The van der Waals surface area contributed by atoms with Gasteiger partial charge >= 0.3 is 0 Å². The first kappa shape index (κ1) is 16.3. The number of pyridine rings is 1. The molecule has 116 valence electrons. The molecule has 1 fully saturated rings. The van der Waals surface area contributed by atoms with Crippen molar-refractivity contribution in [1.82, 2.24) is 10.3 Å². The van der Waals surface area contributed by atoms with Crippen LogP contribution in [0.5, 0.6) is 0 Å². The lowest BCUT2D eigenvalue weighted by Gasteiger charge is -2.11. The van der Waals surface area contributed by atoms with Gasteiger partial charge in [0, 0.05) is 23.8 Å². The Hall–Kier alpha value is -1.10. The number of nitrogens with zero attached hydrogens (tertiary/aromatic N) is 1. The topological polar surface area (TPSA) is 54.0 Å². The highest BCUT2D eigenvalue weighted by atomic mass is 79.9. The van der Waals surface area contributed by atoms with E-state index < -0.39 is 0 Å². The quantitative estimate of drug-likeness (QED) is 0.848. The van der Waals surface area contributed by atoms with E-state index in [0.717, 1.165) is 11.0 Å². The SMILES string of the molecule is CCNc1ncc(Br)cc1C(=O)NCC1C(C)(C)C1(C)C. The van der Waals surface area contributed by atoms with Gasteiger partial charge in [-0.1, -0.05) is 27.7 Å². The van der Waals surface area contributed by atoms with E-state index >= 15 is 0 Å². The van der Waals surface area contributed by atoms with E-state index in [0.29, 0.717) is 23.8 Å². The average Bonchev–Trinajstić information content (AvgIpc) is 2.79. The summed E-state index contributed by atoms with van der Waals surface area (Å²) in [5, 5.41) is 6.19. The smallest absolute Gasteiger partial charge is 0.255 e. The molecule has 4 nitrogen and oxygen atoms in total. The molecule has 0 aromatic carbocycles. The van der Waals surface area contributed by atoms with Crippen LogP contribution in [0.2, 0.25) is 0 Å². The number of aromatic nitrogens is 1. The molecule has 0 unspecified atom stereocenters. The number of rotatable bonds is 5. The van der Waals surface area contributed by atoms with Crippen molar-refractivity contribution in [2.75, 3.05) is 18.4 Å². The Bertz CT molecular complexity index is 540. The lowest BCUT2D eigenvalue weighted by atomic mass is 10.0. The number of halogens is 1. The first-order chi connectivity index (χ1) is 9.71. The lowest BCUT2D eigenvalue weighted by molar-refractivity contribution is 0.0950. The van der Waals surface area contributed by atoms with Gasteiger partial charge in [-0.05, 0) is 45.7 Å². The summed E-state index contributed by atoms with van der Waals surface area (Å²) in [5.74, 6) is 1.07. The third kappa shape index (κ3) is 2.93.